The average molecular weight is 385 g/mol. The molecule has 0 unspecified atom stereocenters. The van der Waals surface area contributed by atoms with Gasteiger partial charge in [0.25, 0.3) is 5.91 Å². The molecule has 1 N–H and O–H groups in total. The molecule has 1 amide bonds. The smallest absolute Gasteiger partial charge is 0.339 e. The first-order chi connectivity index (χ1) is 13.6. The molecular weight excluding hydrogens is 366 g/mol. The van der Waals surface area contributed by atoms with Crippen LogP contribution in [0.4, 0.5) is 5.69 Å². The molecule has 2 aromatic carbocycles. The Hall–Kier alpha value is -3.55. The number of methoxy groups -OCH3 is 1. The third-order valence-corrected chi connectivity index (χ3v) is 3.93. The Bertz CT molecular complexity index is 894. The van der Waals surface area contributed by atoms with Crippen molar-refractivity contribution in [3.8, 4) is 11.5 Å². The molecule has 28 heavy (non-hydrogen) atoms. The molecule has 8 heteroatoms. The van der Waals surface area contributed by atoms with Crippen LogP contribution in [0, 0.1) is 0 Å². The van der Waals surface area contributed by atoms with E-state index < -0.39 is 24.5 Å². The van der Waals surface area contributed by atoms with Gasteiger partial charge in [-0.3, -0.25) is 9.59 Å². The van der Waals surface area contributed by atoms with E-state index in [2.05, 4.69) is 10.1 Å². The fourth-order valence-electron chi connectivity index (χ4n) is 2.63. The van der Waals surface area contributed by atoms with Crippen LogP contribution in [-0.4, -0.2) is 44.8 Å². The molecule has 1 heterocycles. The standard InChI is InChI=1S/C20H19NO7/c1-25-20(24)14-4-2-3-5-15(14)21-18(22)12-28-19(23)11-13-6-7-16-17(10-13)27-9-8-26-16/h2-7,10H,8-9,11-12H2,1H3,(H,21,22). The molecule has 0 atom stereocenters. The Morgan fingerprint density at radius 1 is 1.04 bits per heavy atom. The molecule has 0 aliphatic carbocycles. The van der Waals surface area contributed by atoms with Gasteiger partial charge in [-0.15, -0.1) is 0 Å². The summed E-state index contributed by atoms with van der Waals surface area (Å²) in [6.45, 7) is 0.468. The predicted octanol–water partition coefficient (Wildman–Crippen LogP) is 1.97. The summed E-state index contributed by atoms with van der Waals surface area (Å²) >= 11 is 0. The molecule has 146 valence electrons. The van der Waals surface area contributed by atoms with Crippen LogP contribution >= 0.6 is 0 Å². The maximum absolute atomic E-state index is 12.0. The van der Waals surface area contributed by atoms with E-state index in [9.17, 15) is 14.4 Å². The number of carbonyl (C=O) groups excluding carboxylic acids is 3. The second-order valence-corrected chi connectivity index (χ2v) is 5.90. The van der Waals surface area contributed by atoms with E-state index in [0.717, 1.165) is 0 Å². The van der Waals surface area contributed by atoms with Crippen LogP contribution in [0.1, 0.15) is 15.9 Å². The lowest BCUT2D eigenvalue weighted by atomic mass is 10.1. The van der Waals surface area contributed by atoms with Crippen molar-refractivity contribution in [1.82, 2.24) is 0 Å². The van der Waals surface area contributed by atoms with Gasteiger partial charge in [0.15, 0.2) is 18.1 Å². The van der Waals surface area contributed by atoms with Gasteiger partial charge in [-0.1, -0.05) is 18.2 Å². The summed E-state index contributed by atoms with van der Waals surface area (Å²) in [6, 6.07) is 11.6. The van der Waals surface area contributed by atoms with E-state index in [0.29, 0.717) is 30.3 Å². The summed E-state index contributed by atoms with van der Waals surface area (Å²) < 4.78 is 20.6. The minimum Gasteiger partial charge on any atom is -0.486 e. The minimum absolute atomic E-state index is 0.0112. The molecule has 0 aromatic heterocycles. The summed E-state index contributed by atoms with van der Waals surface area (Å²) in [5.74, 6) is -0.493. The zero-order valence-electron chi connectivity index (χ0n) is 15.2. The number of amides is 1. The van der Waals surface area contributed by atoms with E-state index in [1.54, 1.807) is 36.4 Å². The van der Waals surface area contributed by atoms with E-state index in [-0.39, 0.29) is 17.7 Å². The summed E-state index contributed by atoms with van der Waals surface area (Å²) in [6.07, 6.45) is -0.0112. The zero-order chi connectivity index (χ0) is 19.9. The van der Waals surface area contributed by atoms with Crippen molar-refractivity contribution >= 4 is 23.5 Å². The maximum atomic E-state index is 12.0. The summed E-state index contributed by atoms with van der Waals surface area (Å²) in [7, 11) is 1.25. The minimum atomic E-state index is -0.577. The Morgan fingerprint density at radius 3 is 2.57 bits per heavy atom. The topological polar surface area (TPSA) is 100 Å². The van der Waals surface area contributed by atoms with E-state index in [1.165, 1.54) is 13.2 Å². The highest BCUT2D eigenvalue weighted by Gasteiger charge is 2.16. The number of hydrogen-bond acceptors (Lipinski definition) is 7. The van der Waals surface area contributed by atoms with Crippen LogP contribution in [0.25, 0.3) is 0 Å². The molecule has 1 aliphatic rings. The molecule has 3 rings (SSSR count). The molecule has 0 bridgehead atoms. The molecule has 0 spiro atoms. The van der Waals surface area contributed by atoms with Crippen LogP contribution in [0.5, 0.6) is 11.5 Å². The number of carbonyl (C=O) groups is 3. The van der Waals surface area contributed by atoms with Crippen LogP contribution in [0.15, 0.2) is 42.5 Å². The van der Waals surface area contributed by atoms with E-state index >= 15 is 0 Å². The second-order valence-electron chi connectivity index (χ2n) is 5.90. The number of ether oxygens (including phenoxy) is 4. The molecule has 0 saturated heterocycles. The van der Waals surface area contributed by atoms with Crippen molar-refractivity contribution in [2.75, 3.05) is 32.2 Å². The highest BCUT2D eigenvalue weighted by atomic mass is 16.6. The van der Waals surface area contributed by atoms with Crippen LogP contribution in [0.2, 0.25) is 0 Å². The number of anilines is 1. The van der Waals surface area contributed by atoms with Crippen LogP contribution < -0.4 is 14.8 Å². The molecule has 0 saturated carbocycles. The summed E-state index contributed by atoms with van der Waals surface area (Å²) in [5, 5.41) is 2.53. The third kappa shape index (κ3) is 4.79. The van der Waals surface area contributed by atoms with Crippen molar-refractivity contribution in [3.05, 3.63) is 53.6 Å². The van der Waals surface area contributed by atoms with Crippen molar-refractivity contribution < 1.29 is 33.3 Å². The van der Waals surface area contributed by atoms with Crippen molar-refractivity contribution in [3.63, 3.8) is 0 Å². The molecular formula is C20H19NO7. The van der Waals surface area contributed by atoms with Gasteiger partial charge in [0.2, 0.25) is 0 Å². The summed E-state index contributed by atoms with van der Waals surface area (Å²) in [4.78, 5) is 35.8. The number of fused-ring (bicyclic) bond motifs is 1. The van der Waals surface area contributed by atoms with Crippen molar-refractivity contribution in [2.24, 2.45) is 0 Å². The molecule has 8 nitrogen and oxygen atoms in total. The zero-order valence-corrected chi connectivity index (χ0v) is 15.2. The summed E-state index contributed by atoms with van der Waals surface area (Å²) in [5.41, 5.74) is 1.17. The Labute approximate surface area is 161 Å². The number of esters is 2. The molecule has 2 aromatic rings. The van der Waals surface area contributed by atoms with Gasteiger partial charge in [0.05, 0.1) is 24.8 Å². The molecule has 1 aliphatic heterocycles. The Balaban J connectivity index is 1.52. The lowest BCUT2D eigenvalue weighted by Crippen LogP contribution is -2.23. The van der Waals surface area contributed by atoms with Gasteiger partial charge in [-0.05, 0) is 29.8 Å². The molecule has 0 fully saturated rings. The normalized spacial score (nSPS) is 12.0. The first-order valence-electron chi connectivity index (χ1n) is 8.58. The van der Waals surface area contributed by atoms with Crippen molar-refractivity contribution in [1.29, 1.82) is 0 Å². The third-order valence-electron chi connectivity index (χ3n) is 3.93. The van der Waals surface area contributed by atoms with Crippen LogP contribution in [-0.2, 0) is 25.5 Å². The second kappa shape index (κ2) is 8.90. The predicted molar refractivity (Wildman–Crippen MR) is 98.5 cm³/mol. The number of nitrogens with one attached hydrogen (secondary N) is 1. The fraction of sp³-hybridized carbons (Fsp3) is 0.250. The first-order valence-corrected chi connectivity index (χ1v) is 8.58. The SMILES string of the molecule is COC(=O)c1ccccc1NC(=O)COC(=O)Cc1ccc2c(c1)OCCO2. The quantitative estimate of drug-likeness (QED) is 0.759. The first kappa shape index (κ1) is 19.2. The lowest BCUT2D eigenvalue weighted by molar-refractivity contribution is -0.146. The van der Waals surface area contributed by atoms with Gasteiger partial charge in [-0.2, -0.15) is 0 Å². The van der Waals surface area contributed by atoms with Gasteiger partial charge >= 0.3 is 11.9 Å². The van der Waals surface area contributed by atoms with E-state index in [1.807, 2.05) is 0 Å². The van der Waals surface area contributed by atoms with Gasteiger partial charge in [0, 0.05) is 0 Å². The molecule has 0 radical (unpaired) electrons. The lowest BCUT2D eigenvalue weighted by Gasteiger charge is -2.18. The highest BCUT2D eigenvalue weighted by molar-refractivity contribution is 6.01. The Kier molecular flexibility index (Phi) is 6.11. The van der Waals surface area contributed by atoms with Crippen molar-refractivity contribution in [2.45, 2.75) is 6.42 Å². The Morgan fingerprint density at radius 2 is 1.79 bits per heavy atom. The number of rotatable bonds is 6. The monoisotopic (exact) mass is 385 g/mol. The fourth-order valence-corrected chi connectivity index (χ4v) is 2.63. The van der Waals surface area contributed by atoms with E-state index in [4.69, 9.17) is 14.2 Å². The number of para-hydroxylation sites is 1. The van der Waals surface area contributed by atoms with Gasteiger partial charge in [-0.25, -0.2) is 4.79 Å². The largest absolute Gasteiger partial charge is 0.486 e. The number of benzene rings is 2. The number of hydrogen-bond donors (Lipinski definition) is 1. The maximum Gasteiger partial charge on any atom is 0.339 e. The van der Waals surface area contributed by atoms with Gasteiger partial charge in [0.1, 0.15) is 13.2 Å². The highest BCUT2D eigenvalue weighted by Crippen LogP contribution is 2.30. The van der Waals surface area contributed by atoms with Crippen LogP contribution in [0.3, 0.4) is 0 Å². The van der Waals surface area contributed by atoms with Gasteiger partial charge < -0.3 is 24.3 Å². The average Bonchev–Trinajstić information content (AvgIpc) is 2.72.